The highest BCUT2D eigenvalue weighted by Crippen LogP contribution is 2.16. The normalized spacial score (nSPS) is 10.0. The van der Waals surface area contributed by atoms with E-state index in [2.05, 4.69) is 15.4 Å². The summed E-state index contributed by atoms with van der Waals surface area (Å²) < 4.78 is 4.68. The Hall–Kier alpha value is -3.93. The van der Waals surface area contributed by atoms with Crippen LogP contribution in [0.1, 0.15) is 31.1 Å². The Kier molecular flexibility index (Phi) is 5.81. The summed E-state index contributed by atoms with van der Waals surface area (Å²) in [5.74, 6) is -1.11. The number of methoxy groups -OCH3 is 1. The number of carbonyl (C=O) groups excluding carboxylic acids is 3. The minimum Gasteiger partial charge on any atom is -0.465 e. The smallest absolute Gasteiger partial charge is 0.337 e. The number of esters is 1. The maximum atomic E-state index is 12.5. The third-order valence-electron chi connectivity index (χ3n) is 3.96. The molecule has 0 spiro atoms. The SMILES string of the molecule is COC(=O)c1cccc(NC(=O)c2cccc(NC(=O)c3ccccc3)c2)c1. The van der Waals surface area contributed by atoms with Crippen LogP contribution in [0.4, 0.5) is 11.4 Å². The number of nitrogens with one attached hydrogen (secondary N) is 2. The maximum absolute atomic E-state index is 12.5. The van der Waals surface area contributed by atoms with Crippen molar-refractivity contribution in [3.05, 3.63) is 95.6 Å². The molecule has 0 fully saturated rings. The van der Waals surface area contributed by atoms with E-state index in [0.717, 1.165) is 0 Å². The molecule has 0 unspecified atom stereocenters. The van der Waals surface area contributed by atoms with Crippen molar-refractivity contribution in [3.63, 3.8) is 0 Å². The zero-order chi connectivity index (χ0) is 19.9. The molecule has 0 aromatic heterocycles. The second-order valence-electron chi connectivity index (χ2n) is 5.93. The van der Waals surface area contributed by atoms with Crippen molar-refractivity contribution in [1.82, 2.24) is 0 Å². The van der Waals surface area contributed by atoms with Crippen molar-refractivity contribution in [2.45, 2.75) is 0 Å². The molecule has 0 saturated carbocycles. The Morgan fingerprint density at radius 1 is 0.643 bits per heavy atom. The van der Waals surface area contributed by atoms with Gasteiger partial charge in [0.05, 0.1) is 12.7 Å². The fourth-order valence-electron chi connectivity index (χ4n) is 2.58. The number of ether oxygens (including phenoxy) is 1. The van der Waals surface area contributed by atoms with Crippen LogP contribution in [0.3, 0.4) is 0 Å². The van der Waals surface area contributed by atoms with Gasteiger partial charge in [-0.05, 0) is 48.5 Å². The first kappa shape index (κ1) is 18.8. The Bertz CT molecular complexity index is 1020. The highest BCUT2D eigenvalue weighted by molar-refractivity contribution is 6.07. The lowest BCUT2D eigenvalue weighted by Gasteiger charge is -2.09. The molecule has 0 atom stereocenters. The molecule has 28 heavy (non-hydrogen) atoms. The highest BCUT2D eigenvalue weighted by Gasteiger charge is 2.11. The largest absolute Gasteiger partial charge is 0.465 e. The van der Waals surface area contributed by atoms with Crippen LogP contribution in [-0.4, -0.2) is 24.9 Å². The summed E-state index contributed by atoms with van der Waals surface area (Å²) in [5.41, 5.74) is 2.20. The molecule has 0 heterocycles. The van der Waals surface area contributed by atoms with Gasteiger partial charge in [-0.25, -0.2) is 4.79 Å². The van der Waals surface area contributed by atoms with Gasteiger partial charge >= 0.3 is 5.97 Å². The number of carbonyl (C=O) groups is 3. The van der Waals surface area contributed by atoms with Crippen LogP contribution in [0, 0.1) is 0 Å². The van der Waals surface area contributed by atoms with E-state index in [0.29, 0.717) is 28.1 Å². The number of benzene rings is 3. The quantitative estimate of drug-likeness (QED) is 0.662. The summed E-state index contributed by atoms with van der Waals surface area (Å²) in [4.78, 5) is 36.4. The minimum absolute atomic E-state index is 0.260. The first-order chi connectivity index (χ1) is 13.6. The van der Waals surface area contributed by atoms with Gasteiger partial charge in [0, 0.05) is 22.5 Å². The molecule has 0 radical (unpaired) electrons. The molecule has 6 heteroatoms. The second kappa shape index (κ2) is 8.64. The summed E-state index contributed by atoms with van der Waals surface area (Å²) in [6.07, 6.45) is 0. The molecule has 0 aliphatic rings. The molecule has 2 N–H and O–H groups in total. The zero-order valence-corrected chi connectivity index (χ0v) is 15.1. The van der Waals surface area contributed by atoms with E-state index in [1.807, 2.05) is 6.07 Å². The molecule has 140 valence electrons. The van der Waals surface area contributed by atoms with Crippen LogP contribution in [-0.2, 0) is 4.74 Å². The summed E-state index contributed by atoms with van der Waals surface area (Å²) in [6, 6.07) is 21.9. The van der Waals surface area contributed by atoms with Gasteiger partial charge in [0.25, 0.3) is 11.8 Å². The summed E-state index contributed by atoms with van der Waals surface area (Å²) in [5, 5.41) is 5.50. The predicted molar refractivity (Wildman–Crippen MR) is 107 cm³/mol. The van der Waals surface area contributed by atoms with Crippen molar-refractivity contribution in [1.29, 1.82) is 0 Å². The zero-order valence-electron chi connectivity index (χ0n) is 15.1. The van der Waals surface area contributed by atoms with E-state index in [1.165, 1.54) is 13.2 Å². The second-order valence-corrected chi connectivity index (χ2v) is 5.93. The summed E-state index contributed by atoms with van der Waals surface area (Å²) in [7, 11) is 1.29. The average Bonchev–Trinajstić information content (AvgIpc) is 2.74. The fraction of sp³-hybridized carbons (Fsp3) is 0.0455. The standard InChI is InChI=1S/C22H18N2O4/c1-28-22(27)17-10-6-12-19(14-17)24-21(26)16-9-5-11-18(13-16)23-20(25)15-7-3-2-4-8-15/h2-14H,1H3,(H,23,25)(H,24,26). The van der Waals surface area contributed by atoms with Gasteiger partial charge in [-0.15, -0.1) is 0 Å². The monoisotopic (exact) mass is 374 g/mol. The maximum Gasteiger partial charge on any atom is 0.337 e. The van der Waals surface area contributed by atoms with Crippen molar-refractivity contribution in [3.8, 4) is 0 Å². The molecule has 6 nitrogen and oxygen atoms in total. The summed E-state index contributed by atoms with van der Waals surface area (Å²) in [6.45, 7) is 0. The molecule has 3 aromatic carbocycles. The topological polar surface area (TPSA) is 84.5 Å². The van der Waals surface area contributed by atoms with Crippen LogP contribution in [0.2, 0.25) is 0 Å². The van der Waals surface area contributed by atoms with Gasteiger partial charge in [0.1, 0.15) is 0 Å². The number of hydrogen-bond donors (Lipinski definition) is 2. The highest BCUT2D eigenvalue weighted by atomic mass is 16.5. The third kappa shape index (κ3) is 4.62. The Balaban J connectivity index is 1.72. The van der Waals surface area contributed by atoms with Crippen LogP contribution in [0.5, 0.6) is 0 Å². The summed E-state index contributed by atoms with van der Waals surface area (Å²) >= 11 is 0. The number of anilines is 2. The van der Waals surface area contributed by atoms with Crippen molar-refractivity contribution in [2.75, 3.05) is 17.7 Å². The Morgan fingerprint density at radius 2 is 1.14 bits per heavy atom. The van der Waals surface area contributed by atoms with E-state index in [4.69, 9.17) is 0 Å². The Morgan fingerprint density at radius 3 is 1.75 bits per heavy atom. The Labute approximate surface area is 162 Å². The molecule has 0 saturated heterocycles. The van der Waals surface area contributed by atoms with E-state index in [9.17, 15) is 14.4 Å². The molecule has 0 aliphatic carbocycles. The van der Waals surface area contributed by atoms with Crippen LogP contribution in [0.25, 0.3) is 0 Å². The van der Waals surface area contributed by atoms with E-state index < -0.39 is 5.97 Å². The first-order valence-electron chi connectivity index (χ1n) is 8.53. The average molecular weight is 374 g/mol. The van der Waals surface area contributed by atoms with E-state index in [1.54, 1.807) is 66.7 Å². The number of amides is 2. The van der Waals surface area contributed by atoms with E-state index in [-0.39, 0.29) is 11.8 Å². The molecule has 2 amide bonds. The first-order valence-corrected chi connectivity index (χ1v) is 8.53. The molecular formula is C22H18N2O4. The lowest BCUT2D eigenvalue weighted by atomic mass is 10.1. The number of rotatable bonds is 5. The molecule has 3 aromatic rings. The third-order valence-corrected chi connectivity index (χ3v) is 3.96. The van der Waals surface area contributed by atoms with Crippen molar-refractivity contribution in [2.24, 2.45) is 0 Å². The van der Waals surface area contributed by atoms with Gasteiger partial charge in [0.15, 0.2) is 0 Å². The van der Waals surface area contributed by atoms with Crippen molar-refractivity contribution >= 4 is 29.2 Å². The van der Waals surface area contributed by atoms with Gasteiger partial charge in [0.2, 0.25) is 0 Å². The number of hydrogen-bond acceptors (Lipinski definition) is 4. The van der Waals surface area contributed by atoms with Gasteiger partial charge in [-0.1, -0.05) is 30.3 Å². The molecular weight excluding hydrogens is 356 g/mol. The van der Waals surface area contributed by atoms with Crippen molar-refractivity contribution < 1.29 is 19.1 Å². The fourth-order valence-corrected chi connectivity index (χ4v) is 2.58. The van der Waals surface area contributed by atoms with Crippen LogP contribution >= 0.6 is 0 Å². The van der Waals surface area contributed by atoms with Gasteiger partial charge in [-0.3, -0.25) is 9.59 Å². The van der Waals surface area contributed by atoms with Crippen LogP contribution in [0.15, 0.2) is 78.9 Å². The van der Waals surface area contributed by atoms with Gasteiger partial charge in [-0.2, -0.15) is 0 Å². The lowest BCUT2D eigenvalue weighted by molar-refractivity contribution is 0.0600. The molecule has 3 rings (SSSR count). The molecule has 0 aliphatic heterocycles. The minimum atomic E-state index is -0.485. The lowest BCUT2D eigenvalue weighted by Crippen LogP contribution is -2.15. The van der Waals surface area contributed by atoms with Crippen LogP contribution < -0.4 is 10.6 Å². The predicted octanol–water partition coefficient (Wildman–Crippen LogP) is 3.98. The molecule has 0 bridgehead atoms. The van der Waals surface area contributed by atoms with E-state index >= 15 is 0 Å². The van der Waals surface area contributed by atoms with Gasteiger partial charge < -0.3 is 15.4 Å².